The molecule has 4 rings (SSSR count). The van der Waals surface area contributed by atoms with Gasteiger partial charge in [0.15, 0.2) is 17.6 Å². The predicted octanol–water partition coefficient (Wildman–Crippen LogP) is 1.36. The molecule has 2 saturated heterocycles. The van der Waals surface area contributed by atoms with Crippen LogP contribution in [0.4, 0.5) is 4.79 Å². The highest BCUT2D eigenvalue weighted by molar-refractivity contribution is 5.75. The third-order valence-corrected chi connectivity index (χ3v) is 4.94. The van der Waals surface area contributed by atoms with Crippen LogP contribution < -0.4 is 20.1 Å². The van der Waals surface area contributed by atoms with Gasteiger partial charge in [0.05, 0.1) is 6.54 Å². The van der Waals surface area contributed by atoms with Gasteiger partial charge in [0.1, 0.15) is 6.61 Å². The summed E-state index contributed by atoms with van der Waals surface area (Å²) in [5.74, 6) is 1.52. The predicted molar refractivity (Wildman–Crippen MR) is 85.9 cm³/mol. The van der Waals surface area contributed by atoms with Crippen molar-refractivity contribution in [3.8, 4) is 11.5 Å². The fourth-order valence-electron chi connectivity index (χ4n) is 3.77. The minimum absolute atomic E-state index is 0.0312. The molecule has 2 N–H and O–H groups in total. The number of carbonyl (C=O) groups is 1. The summed E-state index contributed by atoms with van der Waals surface area (Å²) in [4.78, 5) is 14.6. The number of carbonyl (C=O) groups excluding carboxylic acids is 1. The van der Waals surface area contributed by atoms with Crippen molar-refractivity contribution in [2.24, 2.45) is 0 Å². The minimum Gasteiger partial charge on any atom is -0.486 e. The van der Waals surface area contributed by atoms with E-state index in [1.165, 1.54) is 0 Å². The van der Waals surface area contributed by atoms with Gasteiger partial charge in [0.25, 0.3) is 0 Å². The van der Waals surface area contributed by atoms with Crippen LogP contribution in [-0.4, -0.2) is 55.4 Å². The van der Waals surface area contributed by atoms with Crippen LogP contribution in [0.3, 0.4) is 0 Å². The molecule has 2 bridgehead atoms. The van der Waals surface area contributed by atoms with Gasteiger partial charge >= 0.3 is 6.03 Å². The Bertz CT molecular complexity index is 566. The second kappa shape index (κ2) is 6.28. The molecule has 3 heterocycles. The van der Waals surface area contributed by atoms with E-state index in [0.717, 1.165) is 43.9 Å². The van der Waals surface area contributed by atoms with Crippen molar-refractivity contribution >= 4 is 6.03 Å². The van der Waals surface area contributed by atoms with Crippen LogP contribution in [0.25, 0.3) is 0 Å². The summed E-state index contributed by atoms with van der Waals surface area (Å²) in [5.41, 5.74) is 0. The van der Waals surface area contributed by atoms with E-state index in [-0.39, 0.29) is 12.1 Å². The topological polar surface area (TPSA) is 62.8 Å². The van der Waals surface area contributed by atoms with E-state index in [4.69, 9.17) is 9.47 Å². The number of rotatable bonds is 2. The van der Waals surface area contributed by atoms with Crippen molar-refractivity contribution in [2.75, 3.05) is 26.2 Å². The molecular weight excluding hydrogens is 294 g/mol. The maximum atomic E-state index is 12.6. The minimum atomic E-state index is -0.142. The van der Waals surface area contributed by atoms with Crippen LogP contribution in [0.1, 0.15) is 19.3 Å². The molecular formula is C17H23N3O3. The monoisotopic (exact) mass is 317 g/mol. The lowest BCUT2D eigenvalue weighted by Gasteiger charge is -2.30. The molecule has 0 aromatic heterocycles. The number of benzene rings is 1. The van der Waals surface area contributed by atoms with E-state index in [0.29, 0.717) is 25.2 Å². The van der Waals surface area contributed by atoms with Gasteiger partial charge in [0, 0.05) is 18.6 Å². The number of urea groups is 1. The molecule has 3 aliphatic rings. The zero-order valence-electron chi connectivity index (χ0n) is 13.2. The Morgan fingerprint density at radius 3 is 2.96 bits per heavy atom. The van der Waals surface area contributed by atoms with Crippen LogP contribution in [0.5, 0.6) is 11.5 Å². The Balaban J connectivity index is 1.34. The summed E-state index contributed by atoms with van der Waals surface area (Å²) >= 11 is 0. The summed E-state index contributed by atoms with van der Waals surface area (Å²) in [6.45, 7) is 2.84. The summed E-state index contributed by atoms with van der Waals surface area (Å²) in [5, 5.41) is 6.45. The smallest absolute Gasteiger partial charge is 0.318 e. The van der Waals surface area contributed by atoms with Crippen molar-refractivity contribution < 1.29 is 14.3 Å². The lowest BCUT2D eigenvalue weighted by atomic mass is 10.1. The largest absolute Gasteiger partial charge is 0.486 e. The third kappa shape index (κ3) is 2.95. The molecule has 3 unspecified atom stereocenters. The second-order valence-electron chi connectivity index (χ2n) is 6.47. The molecule has 3 aliphatic heterocycles. The highest BCUT2D eigenvalue weighted by Crippen LogP contribution is 2.31. The lowest BCUT2D eigenvalue weighted by Crippen LogP contribution is -2.50. The van der Waals surface area contributed by atoms with Gasteiger partial charge in [-0.25, -0.2) is 4.79 Å². The molecule has 0 aliphatic carbocycles. The summed E-state index contributed by atoms with van der Waals surface area (Å²) in [6.07, 6.45) is 3.12. The van der Waals surface area contributed by atoms with E-state index < -0.39 is 0 Å². The SMILES string of the molecule is O=C(NCC1COc2ccccc2O1)N1C2CCNCC1CC2. The molecule has 1 aromatic carbocycles. The lowest BCUT2D eigenvalue weighted by molar-refractivity contribution is 0.0891. The first kappa shape index (κ1) is 14.6. The quantitative estimate of drug-likeness (QED) is 0.865. The first-order valence-corrected chi connectivity index (χ1v) is 8.46. The van der Waals surface area contributed by atoms with Crippen LogP contribution in [0, 0.1) is 0 Å². The van der Waals surface area contributed by atoms with E-state index in [2.05, 4.69) is 10.6 Å². The molecule has 1 aromatic rings. The zero-order valence-corrected chi connectivity index (χ0v) is 13.2. The van der Waals surface area contributed by atoms with Crippen molar-refractivity contribution in [3.05, 3.63) is 24.3 Å². The number of hydrogen-bond acceptors (Lipinski definition) is 4. The van der Waals surface area contributed by atoms with Gasteiger partial charge in [-0.2, -0.15) is 0 Å². The Labute approximate surface area is 136 Å². The molecule has 0 saturated carbocycles. The highest BCUT2D eigenvalue weighted by atomic mass is 16.6. The van der Waals surface area contributed by atoms with E-state index >= 15 is 0 Å². The molecule has 0 radical (unpaired) electrons. The zero-order chi connectivity index (χ0) is 15.6. The van der Waals surface area contributed by atoms with Crippen LogP contribution >= 0.6 is 0 Å². The summed E-state index contributed by atoms with van der Waals surface area (Å²) in [7, 11) is 0. The molecule has 124 valence electrons. The van der Waals surface area contributed by atoms with Gasteiger partial charge in [-0.15, -0.1) is 0 Å². The van der Waals surface area contributed by atoms with Gasteiger partial charge in [0.2, 0.25) is 0 Å². The molecule has 6 heteroatoms. The maximum absolute atomic E-state index is 12.6. The van der Waals surface area contributed by atoms with Gasteiger partial charge < -0.3 is 25.0 Å². The standard InChI is InChI=1S/C17H23N3O3/c21-17(20-12-5-6-13(20)9-18-8-7-12)19-10-14-11-22-15-3-1-2-4-16(15)23-14/h1-4,12-14,18H,5-11H2,(H,19,21). The number of amides is 2. The van der Waals surface area contributed by atoms with Crippen molar-refractivity contribution in [3.63, 3.8) is 0 Å². The van der Waals surface area contributed by atoms with Gasteiger partial charge in [-0.3, -0.25) is 0 Å². The Kier molecular flexibility index (Phi) is 3.99. The Morgan fingerprint density at radius 1 is 1.22 bits per heavy atom. The fourth-order valence-corrected chi connectivity index (χ4v) is 3.77. The van der Waals surface area contributed by atoms with Crippen molar-refractivity contribution in [1.82, 2.24) is 15.5 Å². The number of para-hydroxylation sites is 2. The van der Waals surface area contributed by atoms with Crippen molar-refractivity contribution in [2.45, 2.75) is 37.5 Å². The summed E-state index contributed by atoms with van der Waals surface area (Å²) < 4.78 is 11.6. The number of fused-ring (bicyclic) bond motifs is 3. The normalized spacial score (nSPS) is 29.0. The van der Waals surface area contributed by atoms with E-state index in [1.807, 2.05) is 29.2 Å². The van der Waals surface area contributed by atoms with E-state index in [1.54, 1.807) is 0 Å². The molecule has 2 amide bonds. The average Bonchev–Trinajstić information content (AvgIpc) is 2.85. The van der Waals surface area contributed by atoms with Crippen LogP contribution in [-0.2, 0) is 0 Å². The number of hydrogen-bond donors (Lipinski definition) is 2. The third-order valence-electron chi connectivity index (χ3n) is 4.94. The molecule has 2 fully saturated rings. The second-order valence-corrected chi connectivity index (χ2v) is 6.47. The number of ether oxygens (including phenoxy) is 2. The number of nitrogens with one attached hydrogen (secondary N) is 2. The van der Waals surface area contributed by atoms with Crippen molar-refractivity contribution in [1.29, 1.82) is 0 Å². The maximum Gasteiger partial charge on any atom is 0.318 e. The van der Waals surface area contributed by atoms with Gasteiger partial charge in [-0.1, -0.05) is 12.1 Å². The highest BCUT2D eigenvalue weighted by Gasteiger charge is 2.38. The first-order valence-electron chi connectivity index (χ1n) is 8.46. The Morgan fingerprint density at radius 2 is 2.04 bits per heavy atom. The number of nitrogens with zero attached hydrogens (tertiary/aromatic N) is 1. The molecule has 0 spiro atoms. The molecule has 6 nitrogen and oxygen atoms in total. The molecule has 23 heavy (non-hydrogen) atoms. The van der Waals surface area contributed by atoms with Crippen LogP contribution in [0.2, 0.25) is 0 Å². The Hall–Kier alpha value is -1.95. The first-order chi connectivity index (χ1) is 11.3. The van der Waals surface area contributed by atoms with E-state index in [9.17, 15) is 4.79 Å². The summed E-state index contributed by atoms with van der Waals surface area (Å²) in [6, 6.07) is 8.36. The fraction of sp³-hybridized carbons (Fsp3) is 0.588. The van der Waals surface area contributed by atoms with Gasteiger partial charge in [-0.05, 0) is 37.9 Å². The average molecular weight is 317 g/mol. The van der Waals surface area contributed by atoms with Crippen LogP contribution in [0.15, 0.2) is 24.3 Å². The molecule has 3 atom stereocenters.